The van der Waals surface area contributed by atoms with Crippen LogP contribution in [0.5, 0.6) is 0 Å². The van der Waals surface area contributed by atoms with Crippen molar-refractivity contribution in [3.63, 3.8) is 0 Å². The van der Waals surface area contributed by atoms with E-state index in [2.05, 4.69) is 42.5 Å². The van der Waals surface area contributed by atoms with Crippen molar-refractivity contribution in [3.8, 4) is 62.1 Å². The minimum absolute atomic E-state index is 0.0219. The lowest BCUT2D eigenvalue weighted by molar-refractivity contribution is 0.669. The Balaban J connectivity index is 1.12. The third-order valence-corrected chi connectivity index (χ3v) is 11.9. The SMILES string of the molecule is [2H]c1c(-c2ccccc2)c([2H])c(-c2nc(-c3ccc4c(c3)oc3cccc(-c5ccccc5)c34)nc(-n3c4ccccc4c4c5oc6ccccc6c5ccc43)n2)c([2H])c1-c1ccccc1. The molecule has 0 saturated heterocycles. The van der Waals surface area contributed by atoms with Crippen LogP contribution in [0.25, 0.3) is 128 Å². The number of rotatable bonds is 6. The molecule has 0 atom stereocenters. The maximum absolute atomic E-state index is 9.87. The van der Waals surface area contributed by atoms with Gasteiger partial charge in [-0.3, -0.25) is 4.57 Å². The lowest BCUT2D eigenvalue weighted by Crippen LogP contribution is -2.06. The van der Waals surface area contributed by atoms with E-state index >= 15 is 0 Å². The van der Waals surface area contributed by atoms with Crippen LogP contribution in [0.2, 0.25) is 0 Å². The van der Waals surface area contributed by atoms with Gasteiger partial charge < -0.3 is 8.83 Å². The van der Waals surface area contributed by atoms with Gasteiger partial charge in [0.15, 0.2) is 11.6 Å². The molecule has 0 aliphatic rings. The molecule has 0 amide bonds. The normalized spacial score (nSPS) is 12.5. The van der Waals surface area contributed by atoms with E-state index in [4.69, 9.17) is 23.8 Å². The number of benzene rings is 9. The van der Waals surface area contributed by atoms with Gasteiger partial charge >= 0.3 is 0 Å². The second kappa shape index (κ2) is 14.0. The maximum Gasteiger partial charge on any atom is 0.238 e. The zero-order valence-corrected chi connectivity index (χ0v) is 33.5. The fourth-order valence-corrected chi connectivity index (χ4v) is 9.06. The monoisotopic (exact) mass is 809 g/mol. The first-order valence-electron chi connectivity index (χ1n) is 22.4. The average Bonchev–Trinajstić information content (AvgIpc) is 4.04. The molecular weight excluding hydrogens is 773 g/mol. The smallest absolute Gasteiger partial charge is 0.238 e. The van der Waals surface area contributed by atoms with Gasteiger partial charge in [0.25, 0.3) is 0 Å². The quantitative estimate of drug-likeness (QED) is 0.167. The van der Waals surface area contributed by atoms with Crippen molar-refractivity contribution in [2.75, 3.05) is 0 Å². The molecule has 0 unspecified atom stereocenters. The van der Waals surface area contributed by atoms with Crippen molar-refractivity contribution in [1.29, 1.82) is 0 Å². The zero-order valence-electron chi connectivity index (χ0n) is 36.5. The van der Waals surface area contributed by atoms with Gasteiger partial charge in [-0.2, -0.15) is 9.97 Å². The molecular formula is C57H34N4O2. The zero-order chi connectivity index (χ0) is 44.0. The van der Waals surface area contributed by atoms with Crippen molar-refractivity contribution >= 4 is 65.7 Å². The summed E-state index contributed by atoms with van der Waals surface area (Å²) in [6.07, 6.45) is 0. The molecule has 0 aliphatic carbocycles. The molecule has 4 heterocycles. The Labute approximate surface area is 365 Å². The summed E-state index contributed by atoms with van der Waals surface area (Å²) in [5, 5.41) is 5.87. The first-order valence-corrected chi connectivity index (χ1v) is 20.9. The van der Waals surface area contributed by atoms with Gasteiger partial charge in [0, 0.05) is 38.1 Å². The number of fused-ring (bicyclic) bond motifs is 10. The van der Waals surface area contributed by atoms with Crippen LogP contribution in [0, 0.1) is 0 Å². The van der Waals surface area contributed by atoms with Gasteiger partial charge in [0.1, 0.15) is 22.3 Å². The molecule has 294 valence electrons. The van der Waals surface area contributed by atoms with Crippen LogP contribution in [0.1, 0.15) is 4.11 Å². The number of para-hydroxylation sites is 2. The van der Waals surface area contributed by atoms with Crippen molar-refractivity contribution in [3.05, 3.63) is 206 Å². The summed E-state index contributed by atoms with van der Waals surface area (Å²) in [4.78, 5) is 15.7. The van der Waals surface area contributed by atoms with E-state index < -0.39 is 0 Å². The highest BCUT2D eigenvalue weighted by molar-refractivity contribution is 6.23. The van der Waals surface area contributed by atoms with Crippen LogP contribution >= 0.6 is 0 Å². The molecule has 9 aromatic carbocycles. The highest BCUT2D eigenvalue weighted by atomic mass is 16.3. The number of aromatic nitrogens is 4. The molecule has 13 rings (SSSR count). The van der Waals surface area contributed by atoms with E-state index in [1.807, 2.05) is 150 Å². The molecule has 0 radical (unpaired) electrons. The third kappa shape index (κ3) is 5.69. The number of hydrogen-bond donors (Lipinski definition) is 0. The van der Waals surface area contributed by atoms with E-state index in [-0.39, 0.29) is 29.5 Å². The number of hydrogen-bond acceptors (Lipinski definition) is 5. The Bertz CT molecular complexity index is 4020. The average molecular weight is 810 g/mol. The molecule has 6 heteroatoms. The topological polar surface area (TPSA) is 69.9 Å². The summed E-state index contributed by atoms with van der Waals surface area (Å²) in [5.41, 5.74) is 9.79. The lowest BCUT2D eigenvalue weighted by atomic mass is 9.96. The molecule has 4 aromatic heterocycles. The maximum atomic E-state index is 9.87. The van der Waals surface area contributed by atoms with Gasteiger partial charge in [0.05, 0.1) is 20.5 Å². The summed E-state index contributed by atoms with van der Waals surface area (Å²) < 4.78 is 44.5. The first-order chi connectivity index (χ1) is 32.5. The molecule has 0 N–H and O–H groups in total. The van der Waals surface area contributed by atoms with Crippen LogP contribution in [-0.2, 0) is 0 Å². The first kappa shape index (κ1) is 32.2. The second-order valence-electron chi connectivity index (χ2n) is 15.7. The fourth-order valence-electron chi connectivity index (χ4n) is 9.06. The minimum atomic E-state index is -0.0219. The fraction of sp³-hybridized carbons (Fsp3) is 0. The Morgan fingerprint density at radius 3 is 1.71 bits per heavy atom. The Morgan fingerprint density at radius 1 is 0.365 bits per heavy atom. The Hall–Kier alpha value is -8.61. The number of nitrogens with zero attached hydrogens (tertiary/aromatic N) is 4. The highest BCUT2D eigenvalue weighted by Gasteiger charge is 2.23. The predicted molar refractivity (Wildman–Crippen MR) is 256 cm³/mol. The second-order valence-corrected chi connectivity index (χ2v) is 15.7. The standard InChI is InChI=1S/C57H34N4O2/c1-4-15-35(16-5-1)39-31-40(36-17-6-2-7-18-36)33-41(32-39)56-58-55(38-27-28-46-51(34-38)62-50-26-14-23-42(52(46)50)37-19-8-3-9-20-37)59-57(60-56)61-47-24-12-10-22-45(47)53-48(61)30-29-44-43-21-11-13-25-49(43)63-54(44)53/h1-34H/i31D,32D,33D. The van der Waals surface area contributed by atoms with E-state index in [1.165, 1.54) is 0 Å². The summed E-state index contributed by atoms with van der Waals surface area (Å²) in [5.74, 6) is 0.753. The molecule has 0 aliphatic heterocycles. The van der Waals surface area contributed by atoms with Crippen molar-refractivity contribution < 1.29 is 12.9 Å². The van der Waals surface area contributed by atoms with Crippen LogP contribution in [0.15, 0.2) is 215 Å². The van der Waals surface area contributed by atoms with Gasteiger partial charge in [0.2, 0.25) is 5.95 Å². The van der Waals surface area contributed by atoms with Gasteiger partial charge in [-0.1, -0.05) is 146 Å². The molecule has 0 bridgehead atoms. The summed E-state index contributed by atoms with van der Waals surface area (Å²) in [6, 6.07) is 61.7. The summed E-state index contributed by atoms with van der Waals surface area (Å²) >= 11 is 0. The van der Waals surface area contributed by atoms with Crippen LogP contribution in [0.3, 0.4) is 0 Å². The van der Waals surface area contributed by atoms with Crippen molar-refractivity contribution in [1.82, 2.24) is 19.5 Å². The molecule has 0 spiro atoms. The lowest BCUT2D eigenvalue weighted by Gasteiger charge is -2.13. The largest absolute Gasteiger partial charge is 0.456 e. The molecule has 13 aromatic rings. The molecule has 6 nitrogen and oxygen atoms in total. The summed E-state index contributed by atoms with van der Waals surface area (Å²) in [6.45, 7) is 0. The van der Waals surface area contributed by atoms with E-state index in [1.54, 1.807) is 0 Å². The van der Waals surface area contributed by atoms with Gasteiger partial charge in [-0.15, -0.1) is 0 Å². The van der Waals surface area contributed by atoms with Crippen molar-refractivity contribution in [2.24, 2.45) is 0 Å². The highest BCUT2D eigenvalue weighted by Crippen LogP contribution is 2.42. The van der Waals surface area contributed by atoms with Gasteiger partial charge in [-0.25, -0.2) is 4.98 Å². The minimum Gasteiger partial charge on any atom is -0.456 e. The molecule has 0 saturated carbocycles. The van der Waals surface area contributed by atoms with E-state index in [0.717, 1.165) is 71.2 Å². The van der Waals surface area contributed by atoms with E-state index in [9.17, 15) is 4.11 Å². The Morgan fingerprint density at radius 2 is 0.968 bits per heavy atom. The van der Waals surface area contributed by atoms with Crippen LogP contribution in [-0.4, -0.2) is 19.5 Å². The van der Waals surface area contributed by atoms with Gasteiger partial charge in [-0.05, 0) is 94.0 Å². The van der Waals surface area contributed by atoms with Crippen LogP contribution < -0.4 is 0 Å². The third-order valence-electron chi connectivity index (χ3n) is 11.9. The predicted octanol–water partition coefficient (Wildman–Crippen LogP) is 15.1. The summed E-state index contributed by atoms with van der Waals surface area (Å²) in [7, 11) is 0. The van der Waals surface area contributed by atoms with Crippen LogP contribution in [0.4, 0.5) is 0 Å². The molecule has 0 fully saturated rings. The Kier molecular flexibility index (Phi) is 7.14. The number of furan rings is 2. The van der Waals surface area contributed by atoms with Crippen molar-refractivity contribution in [2.45, 2.75) is 0 Å². The molecule has 63 heavy (non-hydrogen) atoms. The van der Waals surface area contributed by atoms with E-state index in [0.29, 0.717) is 45.2 Å².